The molecule has 0 amide bonds. The van der Waals surface area contributed by atoms with Crippen LogP contribution >= 0.6 is 0 Å². The molecule has 4 nitrogen and oxygen atoms in total. The van der Waals surface area contributed by atoms with Crippen molar-refractivity contribution in [2.75, 3.05) is 0 Å². The minimum atomic E-state index is -0.359. The number of halogens is 1. The number of nitrogens with zero attached hydrogens (tertiary/aromatic N) is 1. The molecule has 2 atom stereocenters. The van der Waals surface area contributed by atoms with Crippen molar-refractivity contribution >= 4 is 0 Å². The Morgan fingerprint density at radius 1 is 1.33 bits per heavy atom. The number of rotatable bonds is 4. The topological polar surface area (TPSA) is 60.9 Å². The van der Waals surface area contributed by atoms with E-state index >= 15 is 0 Å². The van der Waals surface area contributed by atoms with Gasteiger partial charge in [0.1, 0.15) is 17.4 Å². The third kappa shape index (κ3) is 2.68. The number of benzene rings is 1. The first-order valence-electron chi connectivity index (χ1n) is 5.81. The van der Waals surface area contributed by atoms with E-state index in [1.807, 2.05) is 13.8 Å². The maximum atomic E-state index is 13.2. The predicted molar refractivity (Wildman–Crippen MR) is 66.6 cm³/mol. The maximum Gasteiger partial charge on any atom is 0.123 e. The lowest BCUT2D eigenvalue weighted by atomic mass is 10.1. The van der Waals surface area contributed by atoms with E-state index < -0.39 is 0 Å². The average Bonchev–Trinajstić information content (AvgIpc) is 2.85. The Hall–Kier alpha value is -1.88. The molecule has 2 unspecified atom stereocenters. The van der Waals surface area contributed by atoms with Crippen LogP contribution in [0.15, 0.2) is 30.6 Å². The quantitative estimate of drug-likeness (QED) is 0.780. The van der Waals surface area contributed by atoms with Crippen molar-refractivity contribution < 1.29 is 9.50 Å². The number of aromatic nitrogens is 2. The minimum Gasteiger partial charge on any atom is -0.508 e. The van der Waals surface area contributed by atoms with E-state index in [9.17, 15) is 9.50 Å². The highest BCUT2D eigenvalue weighted by molar-refractivity contribution is 5.35. The lowest BCUT2D eigenvalue weighted by Gasteiger charge is -2.19. The fraction of sp³-hybridized carbons (Fsp3) is 0.308. The van der Waals surface area contributed by atoms with E-state index in [1.165, 1.54) is 18.2 Å². The molecule has 0 saturated heterocycles. The predicted octanol–water partition coefficient (Wildman–Crippen LogP) is 2.67. The van der Waals surface area contributed by atoms with E-state index in [0.717, 1.165) is 5.82 Å². The highest BCUT2D eigenvalue weighted by Gasteiger charge is 2.15. The summed E-state index contributed by atoms with van der Waals surface area (Å²) in [5.41, 5.74) is 0.536. The molecule has 0 spiro atoms. The average molecular weight is 249 g/mol. The Morgan fingerprint density at radius 3 is 2.78 bits per heavy atom. The van der Waals surface area contributed by atoms with Crippen LogP contribution in [0.2, 0.25) is 0 Å². The zero-order valence-corrected chi connectivity index (χ0v) is 10.3. The number of aromatic hydroxyl groups is 1. The standard InChI is InChI=1S/C13H16FN3O/c1-8(11-7-10(14)3-4-12(11)18)17-9(2)13-15-5-6-16-13/h3-9,17-18H,1-2H3,(H,15,16). The second kappa shape index (κ2) is 5.18. The van der Waals surface area contributed by atoms with Gasteiger partial charge in [-0.05, 0) is 32.0 Å². The zero-order valence-electron chi connectivity index (χ0n) is 10.3. The summed E-state index contributed by atoms with van der Waals surface area (Å²) >= 11 is 0. The summed E-state index contributed by atoms with van der Waals surface area (Å²) in [6.07, 6.45) is 3.43. The lowest BCUT2D eigenvalue weighted by Crippen LogP contribution is -2.23. The van der Waals surface area contributed by atoms with Crippen LogP contribution in [0, 0.1) is 5.82 Å². The summed E-state index contributed by atoms with van der Waals surface area (Å²) in [4.78, 5) is 7.16. The van der Waals surface area contributed by atoms with E-state index in [1.54, 1.807) is 12.4 Å². The third-order valence-corrected chi connectivity index (χ3v) is 2.89. The summed E-state index contributed by atoms with van der Waals surface area (Å²) in [6, 6.07) is 3.74. The molecule has 3 N–H and O–H groups in total. The van der Waals surface area contributed by atoms with Crippen molar-refractivity contribution in [1.82, 2.24) is 15.3 Å². The van der Waals surface area contributed by atoms with Gasteiger partial charge in [-0.2, -0.15) is 0 Å². The van der Waals surface area contributed by atoms with E-state index in [0.29, 0.717) is 5.56 Å². The molecule has 0 aliphatic carbocycles. The SMILES string of the molecule is CC(NC(C)c1cc(F)ccc1O)c1ncc[nH]1. The van der Waals surface area contributed by atoms with Crippen molar-refractivity contribution in [3.05, 3.63) is 47.8 Å². The van der Waals surface area contributed by atoms with E-state index in [2.05, 4.69) is 15.3 Å². The van der Waals surface area contributed by atoms with Gasteiger partial charge in [0.15, 0.2) is 0 Å². The molecule has 0 bridgehead atoms. The van der Waals surface area contributed by atoms with Crippen LogP contribution in [0.3, 0.4) is 0 Å². The fourth-order valence-corrected chi connectivity index (χ4v) is 1.93. The summed E-state index contributed by atoms with van der Waals surface area (Å²) in [7, 11) is 0. The first kappa shape index (κ1) is 12.6. The molecule has 96 valence electrons. The second-order valence-corrected chi connectivity index (χ2v) is 4.29. The molecule has 1 aromatic carbocycles. The van der Waals surface area contributed by atoms with Gasteiger partial charge in [-0.15, -0.1) is 0 Å². The van der Waals surface area contributed by atoms with Gasteiger partial charge in [-0.1, -0.05) is 0 Å². The molecule has 0 fully saturated rings. The van der Waals surface area contributed by atoms with Crippen molar-refractivity contribution in [3.8, 4) is 5.75 Å². The molecule has 0 aliphatic heterocycles. The lowest BCUT2D eigenvalue weighted by molar-refractivity contribution is 0.430. The van der Waals surface area contributed by atoms with Crippen LogP contribution in [-0.2, 0) is 0 Å². The van der Waals surface area contributed by atoms with Gasteiger partial charge >= 0.3 is 0 Å². The smallest absolute Gasteiger partial charge is 0.123 e. The van der Waals surface area contributed by atoms with Crippen molar-refractivity contribution in [2.24, 2.45) is 0 Å². The number of imidazole rings is 1. The monoisotopic (exact) mass is 249 g/mol. The van der Waals surface area contributed by atoms with Gasteiger partial charge in [0.25, 0.3) is 0 Å². The number of phenols is 1. The molecule has 0 radical (unpaired) electrons. The molecule has 5 heteroatoms. The summed E-state index contributed by atoms with van der Waals surface area (Å²) in [6.45, 7) is 3.82. The summed E-state index contributed by atoms with van der Waals surface area (Å²) in [5, 5.41) is 13.0. The molecule has 2 aromatic rings. The van der Waals surface area contributed by atoms with Crippen molar-refractivity contribution in [1.29, 1.82) is 0 Å². The number of hydrogen-bond acceptors (Lipinski definition) is 3. The number of nitrogens with one attached hydrogen (secondary N) is 2. The first-order chi connectivity index (χ1) is 8.58. The highest BCUT2D eigenvalue weighted by atomic mass is 19.1. The Bertz CT molecular complexity index is 513. The van der Waals surface area contributed by atoms with Gasteiger partial charge in [0.2, 0.25) is 0 Å². The molecule has 1 heterocycles. The minimum absolute atomic E-state index is 0.0160. The molecule has 1 aromatic heterocycles. The maximum absolute atomic E-state index is 13.2. The Labute approximate surface area is 105 Å². The van der Waals surface area contributed by atoms with Crippen molar-refractivity contribution in [2.45, 2.75) is 25.9 Å². The first-order valence-corrected chi connectivity index (χ1v) is 5.81. The van der Waals surface area contributed by atoms with Gasteiger partial charge in [0.05, 0.1) is 6.04 Å². The number of aromatic amines is 1. The Morgan fingerprint density at radius 2 is 2.11 bits per heavy atom. The second-order valence-electron chi connectivity index (χ2n) is 4.29. The normalized spacial score (nSPS) is 14.4. The molecule has 0 aliphatic rings. The number of hydrogen-bond donors (Lipinski definition) is 3. The molecule has 2 rings (SSSR count). The largest absolute Gasteiger partial charge is 0.508 e. The number of phenolic OH excluding ortho intramolecular Hbond substituents is 1. The van der Waals surface area contributed by atoms with Crippen LogP contribution in [0.4, 0.5) is 4.39 Å². The van der Waals surface area contributed by atoms with Crippen LogP contribution in [-0.4, -0.2) is 15.1 Å². The molecule has 0 saturated carbocycles. The third-order valence-electron chi connectivity index (χ3n) is 2.89. The van der Waals surface area contributed by atoms with Crippen molar-refractivity contribution in [3.63, 3.8) is 0 Å². The van der Waals surface area contributed by atoms with Gasteiger partial charge in [0, 0.05) is 24.0 Å². The fourth-order valence-electron chi connectivity index (χ4n) is 1.93. The van der Waals surface area contributed by atoms with Crippen LogP contribution in [0.25, 0.3) is 0 Å². The van der Waals surface area contributed by atoms with Gasteiger partial charge in [-0.25, -0.2) is 9.37 Å². The zero-order chi connectivity index (χ0) is 13.1. The van der Waals surface area contributed by atoms with Gasteiger partial charge in [-0.3, -0.25) is 0 Å². The molecular weight excluding hydrogens is 233 g/mol. The summed E-state index contributed by atoms with van der Waals surface area (Å²) < 4.78 is 13.2. The summed E-state index contributed by atoms with van der Waals surface area (Å²) in [5.74, 6) is 0.530. The molecule has 18 heavy (non-hydrogen) atoms. The molecular formula is C13H16FN3O. The van der Waals surface area contributed by atoms with Crippen LogP contribution in [0.5, 0.6) is 5.75 Å². The Kier molecular flexibility index (Phi) is 3.62. The number of H-pyrrole nitrogens is 1. The highest BCUT2D eigenvalue weighted by Crippen LogP contribution is 2.26. The van der Waals surface area contributed by atoms with Crippen LogP contribution < -0.4 is 5.32 Å². The van der Waals surface area contributed by atoms with E-state index in [-0.39, 0.29) is 23.7 Å². The Balaban J connectivity index is 2.12. The van der Waals surface area contributed by atoms with Gasteiger partial charge < -0.3 is 15.4 Å². The van der Waals surface area contributed by atoms with E-state index in [4.69, 9.17) is 0 Å². The van der Waals surface area contributed by atoms with Crippen LogP contribution in [0.1, 0.15) is 37.3 Å².